The van der Waals surface area contributed by atoms with Crippen molar-refractivity contribution < 1.29 is 0 Å². The van der Waals surface area contributed by atoms with Gasteiger partial charge in [-0.05, 0) is 24.6 Å². The van der Waals surface area contributed by atoms with E-state index in [9.17, 15) is 0 Å². The molecular weight excluding hydrogens is 216 g/mol. The third-order valence-electron chi connectivity index (χ3n) is 3.19. The molecule has 0 unspecified atom stereocenters. The lowest BCUT2D eigenvalue weighted by molar-refractivity contribution is 0.174. The minimum atomic E-state index is 0.291. The highest BCUT2D eigenvalue weighted by atomic mass is 32.1. The average Bonchev–Trinajstić information content (AvgIpc) is 2.47. The Labute approximate surface area is 103 Å². The van der Waals surface area contributed by atoms with Gasteiger partial charge in [-0.1, -0.05) is 20.8 Å². The SMILES string of the molecule is CN(Cc1ccc(C(C)(C)C)s1)C1CNC1. The maximum Gasteiger partial charge on any atom is 0.0346 e. The molecule has 1 fully saturated rings. The van der Waals surface area contributed by atoms with Crippen LogP contribution in [0.2, 0.25) is 0 Å². The summed E-state index contributed by atoms with van der Waals surface area (Å²) in [7, 11) is 2.22. The van der Waals surface area contributed by atoms with Crippen molar-refractivity contribution in [1.29, 1.82) is 0 Å². The van der Waals surface area contributed by atoms with Crippen molar-refractivity contribution in [1.82, 2.24) is 10.2 Å². The van der Waals surface area contributed by atoms with Gasteiger partial charge in [-0.25, -0.2) is 0 Å². The Hall–Kier alpha value is -0.380. The molecule has 1 aromatic heterocycles. The maximum atomic E-state index is 3.32. The Balaban J connectivity index is 1.97. The highest BCUT2D eigenvalue weighted by Gasteiger charge is 2.22. The smallest absolute Gasteiger partial charge is 0.0346 e. The van der Waals surface area contributed by atoms with Crippen LogP contribution in [0.1, 0.15) is 30.5 Å². The molecule has 16 heavy (non-hydrogen) atoms. The van der Waals surface area contributed by atoms with Gasteiger partial charge in [0.15, 0.2) is 0 Å². The first-order valence-electron chi connectivity index (χ1n) is 5.97. The number of hydrogen-bond donors (Lipinski definition) is 1. The Kier molecular flexibility index (Phi) is 3.38. The molecule has 2 rings (SSSR count). The summed E-state index contributed by atoms with van der Waals surface area (Å²) in [6.45, 7) is 10.2. The molecule has 2 nitrogen and oxygen atoms in total. The summed E-state index contributed by atoms with van der Waals surface area (Å²) in [5.41, 5.74) is 0.291. The van der Waals surface area contributed by atoms with Crippen LogP contribution in [0.5, 0.6) is 0 Å². The molecule has 1 saturated heterocycles. The van der Waals surface area contributed by atoms with Gasteiger partial charge >= 0.3 is 0 Å². The molecule has 0 spiro atoms. The van der Waals surface area contributed by atoms with E-state index in [2.05, 4.69) is 50.2 Å². The fourth-order valence-corrected chi connectivity index (χ4v) is 2.96. The van der Waals surface area contributed by atoms with E-state index in [-0.39, 0.29) is 0 Å². The number of likely N-dealkylation sites (N-methyl/N-ethyl adjacent to an activating group) is 1. The molecule has 0 radical (unpaired) electrons. The standard InChI is InChI=1S/C13H22N2S/c1-13(2,3)12-6-5-11(16-12)9-15(4)10-7-14-8-10/h5-6,10,14H,7-9H2,1-4H3. The predicted molar refractivity (Wildman–Crippen MR) is 71.1 cm³/mol. The zero-order valence-corrected chi connectivity index (χ0v) is 11.5. The monoisotopic (exact) mass is 238 g/mol. The normalized spacial score (nSPS) is 17.8. The van der Waals surface area contributed by atoms with Crippen LogP contribution in [0.25, 0.3) is 0 Å². The molecule has 2 heterocycles. The van der Waals surface area contributed by atoms with Crippen molar-refractivity contribution >= 4 is 11.3 Å². The van der Waals surface area contributed by atoms with Crippen molar-refractivity contribution in [3.8, 4) is 0 Å². The number of hydrogen-bond acceptors (Lipinski definition) is 3. The second-order valence-corrected chi connectivity index (χ2v) is 6.91. The van der Waals surface area contributed by atoms with Gasteiger partial charge in [0.05, 0.1) is 0 Å². The highest BCUT2D eigenvalue weighted by Crippen LogP contribution is 2.30. The van der Waals surface area contributed by atoms with Crippen LogP contribution in [0.4, 0.5) is 0 Å². The Morgan fingerprint density at radius 1 is 1.38 bits per heavy atom. The lowest BCUT2D eigenvalue weighted by atomic mass is 9.95. The van der Waals surface area contributed by atoms with Crippen LogP contribution in [0, 0.1) is 0 Å². The molecule has 90 valence electrons. The zero-order chi connectivity index (χ0) is 11.8. The number of rotatable bonds is 3. The zero-order valence-electron chi connectivity index (χ0n) is 10.7. The Morgan fingerprint density at radius 2 is 2.06 bits per heavy atom. The molecule has 0 saturated carbocycles. The molecule has 3 heteroatoms. The first-order valence-corrected chi connectivity index (χ1v) is 6.78. The summed E-state index contributed by atoms with van der Waals surface area (Å²) in [4.78, 5) is 5.43. The molecule has 0 amide bonds. The Morgan fingerprint density at radius 3 is 2.50 bits per heavy atom. The molecule has 1 N–H and O–H groups in total. The molecule has 0 bridgehead atoms. The fraction of sp³-hybridized carbons (Fsp3) is 0.692. The maximum absolute atomic E-state index is 3.32. The molecular formula is C13H22N2S. The van der Waals surface area contributed by atoms with E-state index in [1.807, 2.05) is 11.3 Å². The lowest BCUT2D eigenvalue weighted by Gasteiger charge is -2.35. The third kappa shape index (κ3) is 2.65. The van der Waals surface area contributed by atoms with Crippen LogP contribution in [-0.4, -0.2) is 31.1 Å². The van der Waals surface area contributed by atoms with Crippen molar-refractivity contribution in [2.75, 3.05) is 20.1 Å². The van der Waals surface area contributed by atoms with E-state index in [0.29, 0.717) is 5.41 Å². The largest absolute Gasteiger partial charge is 0.314 e. The van der Waals surface area contributed by atoms with Crippen molar-refractivity contribution in [3.05, 3.63) is 21.9 Å². The second-order valence-electron chi connectivity index (χ2n) is 5.74. The first kappa shape index (κ1) is 12.1. The van der Waals surface area contributed by atoms with Crippen LogP contribution < -0.4 is 5.32 Å². The van der Waals surface area contributed by atoms with E-state index in [1.165, 1.54) is 9.75 Å². The summed E-state index contributed by atoms with van der Waals surface area (Å²) in [6.07, 6.45) is 0. The lowest BCUT2D eigenvalue weighted by Crippen LogP contribution is -2.55. The van der Waals surface area contributed by atoms with Crippen molar-refractivity contribution in [2.24, 2.45) is 0 Å². The summed E-state index contributed by atoms with van der Waals surface area (Å²) >= 11 is 1.96. The van der Waals surface area contributed by atoms with Gasteiger partial charge in [0.25, 0.3) is 0 Å². The Bertz CT molecular complexity index is 347. The van der Waals surface area contributed by atoms with E-state index in [1.54, 1.807) is 0 Å². The first-order chi connectivity index (χ1) is 7.47. The fourth-order valence-electron chi connectivity index (χ4n) is 1.83. The number of thiophene rings is 1. The second kappa shape index (κ2) is 4.47. The molecule has 0 aromatic carbocycles. The highest BCUT2D eigenvalue weighted by molar-refractivity contribution is 7.12. The van der Waals surface area contributed by atoms with Crippen LogP contribution >= 0.6 is 11.3 Å². The summed E-state index contributed by atoms with van der Waals surface area (Å²) < 4.78 is 0. The minimum absolute atomic E-state index is 0.291. The van der Waals surface area contributed by atoms with Crippen LogP contribution in [0.15, 0.2) is 12.1 Å². The van der Waals surface area contributed by atoms with Crippen LogP contribution in [-0.2, 0) is 12.0 Å². The topological polar surface area (TPSA) is 15.3 Å². The van der Waals surface area contributed by atoms with Gasteiger partial charge in [-0.15, -0.1) is 11.3 Å². The molecule has 0 aliphatic carbocycles. The molecule has 1 aromatic rings. The molecule has 1 aliphatic rings. The van der Waals surface area contributed by atoms with Gasteiger partial charge < -0.3 is 5.32 Å². The predicted octanol–water partition coefficient (Wildman–Crippen LogP) is 2.45. The van der Waals surface area contributed by atoms with Crippen molar-refractivity contribution in [3.63, 3.8) is 0 Å². The van der Waals surface area contributed by atoms with Gasteiger partial charge in [0, 0.05) is 35.4 Å². The van der Waals surface area contributed by atoms with Crippen molar-refractivity contribution in [2.45, 2.75) is 38.8 Å². The van der Waals surface area contributed by atoms with Crippen LogP contribution in [0.3, 0.4) is 0 Å². The van der Waals surface area contributed by atoms with E-state index >= 15 is 0 Å². The quantitative estimate of drug-likeness (QED) is 0.870. The summed E-state index contributed by atoms with van der Waals surface area (Å²) in [6, 6.07) is 5.31. The third-order valence-corrected chi connectivity index (χ3v) is 4.69. The van der Waals surface area contributed by atoms with Gasteiger partial charge in [-0.3, -0.25) is 4.90 Å². The number of nitrogens with one attached hydrogen (secondary N) is 1. The summed E-state index contributed by atoms with van der Waals surface area (Å²) in [5.74, 6) is 0. The summed E-state index contributed by atoms with van der Waals surface area (Å²) in [5, 5.41) is 3.32. The molecule has 0 atom stereocenters. The average molecular weight is 238 g/mol. The van der Waals surface area contributed by atoms with E-state index < -0.39 is 0 Å². The van der Waals surface area contributed by atoms with E-state index in [0.717, 1.165) is 25.7 Å². The van der Waals surface area contributed by atoms with E-state index in [4.69, 9.17) is 0 Å². The van der Waals surface area contributed by atoms with Gasteiger partial charge in [-0.2, -0.15) is 0 Å². The minimum Gasteiger partial charge on any atom is -0.314 e. The van der Waals surface area contributed by atoms with Gasteiger partial charge in [0.2, 0.25) is 0 Å². The number of nitrogens with zero attached hydrogens (tertiary/aromatic N) is 1. The van der Waals surface area contributed by atoms with Gasteiger partial charge in [0.1, 0.15) is 0 Å². The molecule has 1 aliphatic heterocycles.